The number of aliphatic imine (C=N–C) groups is 1. The van der Waals surface area contributed by atoms with E-state index in [1.54, 1.807) is 0 Å². The molecule has 0 aliphatic carbocycles. The van der Waals surface area contributed by atoms with Crippen LogP contribution in [0.5, 0.6) is 0 Å². The first kappa shape index (κ1) is 21.9. The number of hydrogen-bond donors (Lipinski definition) is 2. The average molecular weight is 486 g/mol. The number of carbonyl (C=O) groups is 1. The van der Waals surface area contributed by atoms with Gasteiger partial charge in [-0.25, -0.2) is 0 Å². The summed E-state index contributed by atoms with van der Waals surface area (Å²) in [6.07, 6.45) is 3.18. The standard InChI is InChI=1S/C20H30N4O2.HI/c1-2-21-19(24-13-9-20(15-24)10-14-26-16-20)23-12-6-11-22-18(25)17-7-4-3-5-8-17;/h3-5,7-8H,2,6,9-16H2,1H3,(H,21,23)(H,22,25);1H. The maximum Gasteiger partial charge on any atom is 0.251 e. The first-order valence-electron chi connectivity index (χ1n) is 9.67. The number of carbonyl (C=O) groups excluding carboxylic acids is 1. The highest BCUT2D eigenvalue weighted by atomic mass is 127. The molecule has 2 saturated heterocycles. The molecule has 27 heavy (non-hydrogen) atoms. The van der Waals surface area contributed by atoms with Crippen LogP contribution in [0.1, 0.15) is 36.5 Å². The van der Waals surface area contributed by atoms with Crippen molar-refractivity contribution in [2.45, 2.75) is 26.2 Å². The van der Waals surface area contributed by atoms with Gasteiger partial charge in [-0.1, -0.05) is 18.2 Å². The minimum absolute atomic E-state index is 0. The lowest BCUT2D eigenvalue weighted by molar-refractivity contribution is 0.0953. The van der Waals surface area contributed by atoms with E-state index in [2.05, 4.69) is 22.5 Å². The van der Waals surface area contributed by atoms with Crippen LogP contribution in [0.15, 0.2) is 35.3 Å². The first-order valence-corrected chi connectivity index (χ1v) is 9.67. The van der Waals surface area contributed by atoms with Crippen LogP contribution in [-0.4, -0.2) is 62.7 Å². The van der Waals surface area contributed by atoms with Crippen molar-refractivity contribution < 1.29 is 9.53 Å². The van der Waals surface area contributed by atoms with Gasteiger partial charge >= 0.3 is 0 Å². The molecular formula is C20H31IN4O2. The lowest BCUT2D eigenvalue weighted by atomic mass is 9.87. The zero-order valence-electron chi connectivity index (χ0n) is 16.1. The average Bonchev–Trinajstić information content (AvgIpc) is 3.31. The first-order chi connectivity index (χ1) is 12.7. The van der Waals surface area contributed by atoms with Gasteiger partial charge in [0.15, 0.2) is 5.96 Å². The molecule has 2 fully saturated rings. The van der Waals surface area contributed by atoms with E-state index in [0.29, 0.717) is 24.1 Å². The Hall–Kier alpha value is -1.35. The number of nitrogens with zero attached hydrogens (tertiary/aromatic N) is 2. The minimum atomic E-state index is -0.0239. The zero-order chi connectivity index (χ0) is 18.2. The van der Waals surface area contributed by atoms with Gasteiger partial charge < -0.3 is 20.3 Å². The van der Waals surface area contributed by atoms with E-state index >= 15 is 0 Å². The Morgan fingerprint density at radius 1 is 1.26 bits per heavy atom. The zero-order valence-corrected chi connectivity index (χ0v) is 18.4. The summed E-state index contributed by atoms with van der Waals surface area (Å²) >= 11 is 0. The molecule has 1 spiro atoms. The summed E-state index contributed by atoms with van der Waals surface area (Å²) in [4.78, 5) is 19.1. The monoisotopic (exact) mass is 486 g/mol. The highest BCUT2D eigenvalue weighted by Gasteiger charge is 2.42. The van der Waals surface area contributed by atoms with Crippen molar-refractivity contribution in [3.63, 3.8) is 0 Å². The van der Waals surface area contributed by atoms with Crippen molar-refractivity contribution in [3.8, 4) is 0 Å². The summed E-state index contributed by atoms with van der Waals surface area (Å²) in [5, 5.41) is 6.36. The highest BCUT2D eigenvalue weighted by molar-refractivity contribution is 14.0. The molecule has 3 rings (SSSR count). The number of amides is 1. The second kappa shape index (κ2) is 10.8. The molecule has 1 aromatic carbocycles. The Bertz CT molecular complexity index is 618. The van der Waals surface area contributed by atoms with Crippen LogP contribution in [0.25, 0.3) is 0 Å². The molecule has 2 aliphatic heterocycles. The summed E-state index contributed by atoms with van der Waals surface area (Å²) in [6, 6.07) is 9.31. The smallest absolute Gasteiger partial charge is 0.251 e. The van der Waals surface area contributed by atoms with Gasteiger partial charge in [0.2, 0.25) is 0 Å². The van der Waals surface area contributed by atoms with Gasteiger partial charge in [-0.15, -0.1) is 24.0 Å². The van der Waals surface area contributed by atoms with Crippen molar-refractivity contribution in [2.75, 3.05) is 45.9 Å². The number of guanidine groups is 1. The van der Waals surface area contributed by atoms with Crippen LogP contribution in [0.2, 0.25) is 0 Å². The van der Waals surface area contributed by atoms with Gasteiger partial charge in [-0.3, -0.25) is 9.79 Å². The molecule has 7 heteroatoms. The molecule has 0 aromatic heterocycles. The molecule has 1 unspecified atom stereocenters. The largest absolute Gasteiger partial charge is 0.381 e. The third kappa shape index (κ3) is 6.07. The maximum absolute atomic E-state index is 12.0. The van der Waals surface area contributed by atoms with E-state index in [4.69, 9.17) is 9.73 Å². The Morgan fingerprint density at radius 3 is 2.78 bits per heavy atom. The molecule has 150 valence electrons. The van der Waals surface area contributed by atoms with Gasteiger partial charge in [-0.2, -0.15) is 0 Å². The predicted molar refractivity (Wildman–Crippen MR) is 119 cm³/mol. The van der Waals surface area contributed by atoms with Crippen molar-refractivity contribution in [2.24, 2.45) is 10.4 Å². The van der Waals surface area contributed by atoms with Gasteiger partial charge in [0.05, 0.1) is 6.61 Å². The summed E-state index contributed by atoms with van der Waals surface area (Å²) in [5.74, 6) is 0.967. The third-order valence-electron chi connectivity index (χ3n) is 5.18. The maximum atomic E-state index is 12.0. The van der Waals surface area contributed by atoms with E-state index < -0.39 is 0 Å². The predicted octanol–water partition coefficient (Wildman–Crippen LogP) is 2.50. The molecule has 6 nitrogen and oxygen atoms in total. The quantitative estimate of drug-likeness (QED) is 0.281. The number of nitrogens with one attached hydrogen (secondary N) is 2. The Balaban J connectivity index is 0.00000261. The Kier molecular flexibility index (Phi) is 8.82. The van der Waals surface area contributed by atoms with E-state index in [-0.39, 0.29) is 29.9 Å². The Labute approximate surface area is 179 Å². The fourth-order valence-corrected chi connectivity index (χ4v) is 3.67. The lowest BCUT2D eigenvalue weighted by Gasteiger charge is -2.25. The van der Waals surface area contributed by atoms with E-state index in [9.17, 15) is 4.79 Å². The number of likely N-dealkylation sites (tertiary alicyclic amines) is 1. The van der Waals surface area contributed by atoms with Gasteiger partial charge in [0.25, 0.3) is 5.91 Å². The normalized spacial score (nSPS) is 22.0. The number of benzene rings is 1. The molecule has 1 amide bonds. The summed E-state index contributed by atoms with van der Waals surface area (Å²) in [5.41, 5.74) is 1.03. The molecule has 1 aromatic rings. The molecule has 2 N–H and O–H groups in total. The molecule has 0 radical (unpaired) electrons. The van der Waals surface area contributed by atoms with Gasteiger partial charge in [0, 0.05) is 50.3 Å². The summed E-state index contributed by atoms with van der Waals surface area (Å²) in [6.45, 7) is 8.15. The third-order valence-corrected chi connectivity index (χ3v) is 5.18. The van der Waals surface area contributed by atoms with Crippen LogP contribution >= 0.6 is 24.0 Å². The van der Waals surface area contributed by atoms with Gasteiger partial charge in [-0.05, 0) is 38.3 Å². The topological polar surface area (TPSA) is 66.0 Å². The number of rotatable bonds is 6. The van der Waals surface area contributed by atoms with Crippen LogP contribution in [0.4, 0.5) is 0 Å². The van der Waals surface area contributed by atoms with E-state index in [0.717, 1.165) is 51.6 Å². The number of halogens is 1. The fourth-order valence-electron chi connectivity index (χ4n) is 3.67. The number of hydrogen-bond acceptors (Lipinski definition) is 3. The lowest BCUT2D eigenvalue weighted by Crippen LogP contribution is -2.41. The Morgan fingerprint density at radius 2 is 2.07 bits per heavy atom. The molecular weight excluding hydrogens is 455 g/mol. The van der Waals surface area contributed by atoms with E-state index in [1.165, 1.54) is 6.42 Å². The molecule has 1 atom stereocenters. The molecule has 0 saturated carbocycles. The molecule has 2 heterocycles. The van der Waals surface area contributed by atoms with Crippen LogP contribution in [0, 0.1) is 5.41 Å². The summed E-state index contributed by atoms with van der Waals surface area (Å²) < 4.78 is 5.62. The van der Waals surface area contributed by atoms with Crippen molar-refractivity contribution in [3.05, 3.63) is 35.9 Å². The number of ether oxygens (including phenoxy) is 1. The molecule has 2 aliphatic rings. The summed E-state index contributed by atoms with van der Waals surface area (Å²) in [7, 11) is 0. The second-order valence-corrected chi connectivity index (χ2v) is 7.19. The highest BCUT2D eigenvalue weighted by Crippen LogP contribution is 2.38. The second-order valence-electron chi connectivity index (χ2n) is 7.19. The van der Waals surface area contributed by atoms with Gasteiger partial charge in [0.1, 0.15) is 0 Å². The van der Waals surface area contributed by atoms with Crippen LogP contribution in [-0.2, 0) is 4.74 Å². The van der Waals surface area contributed by atoms with E-state index in [1.807, 2.05) is 30.3 Å². The van der Waals surface area contributed by atoms with Crippen LogP contribution in [0.3, 0.4) is 0 Å². The van der Waals surface area contributed by atoms with Crippen molar-refractivity contribution in [1.29, 1.82) is 0 Å². The molecule has 0 bridgehead atoms. The van der Waals surface area contributed by atoms with Crippen LogP contribution < -0.4 is 10.6 Å². The fraction of sp³-hybridized carbons (Fsp3) is 0.600. The SMILES string of the molecule is CCNC(=NCCCNC(=O)c1ccccc1)N1CCC2(CCOC2)C1.I. The minimum Gasteiger partial charge on any atom is -0.381 e. The van der Waals surface area contributed by atoms with Crippen molar-refractivity contribution in [1.82, 2.24) is 15.5 Å². The van der Waals surface area contributed by atoms with Crippen molar-refractivity contribution >= 4 is 35.8 Å².